The van der Waals surface area contributed by atoms with E-state index in [1.807, 2.05) is 6.92 Å². The minimum Gasteiger partial charge on any atom is -0.488 e. The van der Waals surface area contributed by atoms with E-state index in [0.717, 1.165) is 17.3 Å². The Kier molecular flexibility index (Phi) is 8.14. The highest BCUT2D eigenvalue weighted by atomic mass is 32.1. The maximum Gasteiger partial charge on any atom is 0.451 e. The summed E-state index contributed by atoms with van der Waals surface area (Å²) in [5, 5.41) is 3.47. The van der Waals surface area contributed by atoms with Crippen LogP contribution in [0.3, 0.4) is 0 Å². The molecule has 4 rings (SSSR count). The first-order valence-electron chi connectivity index (χ1n) is 11.9. The van der Waals surface area contributed by atoms with Crippen LogP contribution in [-0.4, -0.2) is 57.7 Å². The zero-order valence-electron chi connectivity index (χ0n) is 20.9. The summed E-state index contributed by atoms with van der Waals surface area (Å²) in [6.07, 6.45) is -0.916. The second kappa shape index (κ2) is 11.3. The molecule has 1 unspecified atom stereocenters. The first-order chi connectivity index (χ1) is 18.0. The number of rotatable bonds is 7. The summed E-state index contributed by atoms with van der Waals surface area (Å²) in [6.45, 7) is 6.42. The molecule has 13 heteroatoms. The van der Waals surface area contributed by atoms with Gasteiger partial charge in [0.2, 0.25) is 5.82 Å². The van der Waals surface area contributed by atoms with Crippen LogP contribution in [0.4, 0.5) is 18.0 Å². The summed E-state index contributed by atoms with van der Waals surface area (Å²) < 4.78 is 49.5. The Labute approximate surface area is 221 Å². The summed E-state index contributed by atoms with van der Waals surface area (Å²) in [5.74, 6) is -1.28. The van der Waals surface area contributed by atoms with Gasteiger partial charge < -0.3 is 19.7 Å². The van der Waals surface area contributed by atoms with E-state index in [1.54, 1.807) is 43.1 Å². The largest absolute Gasteiger partial charge is 0.488 e. The van der Waals surface area contributed by atoms with Gasteiger partial charge in [-0.15, -0.1) is 11.3 Å². The molecule has 1 saturated heterocycles. The van der Waals surface area contributed by atoms with Gasteiger partial charge in [-0.3, -0.25) is 4.79 Å². The number of nitrogens with one attached hydrogen (secondary N) is 1. The summed E-state index contributed by atoms with van der Waals surface area (Å²) in [6, 6.07) is 4.39. The van der Waals surface area contributed by atoms with E-state index in [4.69, 9.17) is 9.47 Å². The maximum atomic E-state index is 13.2. The summed E-state index contributed by atoms with van der Waals surface area (Å²) in [7, 11) is 0. The van der Waals surface area contributed by atoms with Gasteiger partial charge >= 0.3 is 12.3 Å². The van der Waals surface area contributed by atoms with E-state index in [-0.39, 0.29) is 18.3 Å². The number of aromatic nitrogens is 3. The van der Waals surface area contributed by atoms with E-state index in [1.165, 1.54) is 11.3 Å². The molecule has 0 bridgehead atoms. The molecule has 1 aliphatic heterocycles. The number of halogens is 3. The molecule has 2 aromatic heterocycles. The number of likely N-dealkylation sites (tertiary alicyclic amines) is 1. The number of hydrogen-bond acceptors (Lipinski definition) is 8. The summed E-state index contributed by atoms with van der Waals surface area (Å²) in [4.78, 5) is 38.9. The molecule has 1 N–H and O–H groups in total. The molecular formula is C25H26F3N5O4S. The van der Waals surface area contributed by atoms with Crippen LogP contribution in [0.1, 0.15) is 52.9 Å². The molecule has 9 nitrogen and oxygen atoms in total. The van der Waals surface area contributed by atoms with Crippen LogP contribution in [0.15, 0.2) is 36.8 Å². The van der Waals surface area contributed by atoms with E-state index >= 15 is 0 Å². The number of amides is 2. The minimum absolute atomic E-state index is 0.283. The first-order valence-corrected chi connectivity index (χ1v) is 12.7. The molecular weight excluding hydrogens is 523 g/mol. The SMILES string of the molecule is CCOC(=O)N1CC[C@H](Oc2cc(C(=O)NC(C)c3cnc(C(F)(F)F)nc3)cc(-c3ncc(C)s3)c2)C1. The van der Waals surface area contributed by atoms with Crippen molar-refractivity contribution in [3.63, 3.8) is 0 Å². The quantitative estimate of drug-likeness (QED) is 0.441. The van der Waals surface area contributed by atoms with Gasteiger partial charge in [-0.2, -0.15) is 13.2 Å². The van der Waals surface area contributed by atoms with Crippen molar-refractivity contribution in [2.24, 2.45) is 0 Å². The number of benzene rings is 1. The van der Waals surface area contributed by atoms with Gasteiger partial charge in [-0.1, -0.05) is 0 Å². The highest BCUT2D eigenvalue weighted by Gasteiger charge is 2.34. The van der Waals surface area contributed by atoms with Crippen LogP contribution in [0, 0.1) is 6.92 Å². The monoisotopic (exact) mass is 549 g/mol. The Morgan fingerprint density at radius 1 is 1.18 bits per heavy atom. The lowest BCUT2D eigenvalue weighted by Gasteiger charge is -2.18. The molecule has 202 valence electrons. The van der Waals surface area contributed by atoms with Crippen LogP contribution in [0.5, 0.6) is 5.75 Å². The van der Waals surface area contributed by atoms with E-state index in [0.29, 0.717) is 41.4 Å². The first kappa shape index (κ1) is 27.3. The smallest absolute Gasteiger partial charge is 0.451 e. The molecule has 3 heterocycles. The normalized spacial score (nSPS) is 16.3. The number of carbonyl (C=O) groups is 2. The van der Waals surface area contributed by atoms with Gasteiger partial charge in [0.05, 0.1) is 19.2 Å². The third kappa shape index (κ3) is 6.57. The maximum absolute atomic E-state index is 13.2. The standard InChI is InChI=1S/C25H26F3N5O4S/c1-4-36-24(35)33-6-5-19(13-33)37-20-8-16(7-17(9-20)22-29-10-14(2)38-22)21(34)32-15(3)18-11-30-23(31-12-18)25(26,27)28/h7-12,15,19H,4-6,13H2,1-3H3,(H,32,34)/t15?,19-/m0/s1. The zero-order chi connectivity index (χ0) is 27.4. The highest BCUT2D eigenvalue weighted by Crippen LogP contribution is 2.31. The van der Waals surface area contributed by atoms with E-state index in [2.05, 4.69) is 20.3 Å². The Balaban J connectivity index is 1.53. The number of alkyl halides is 3. The molecule has 1 fully saturated rings. The topological polar surface area (TPSA) is 107 Å². The van der Waals surface area contributed by atoms with Crippen LogP contribution in [-0.2, 0) is 10.9 Å². The Morgan fingerprint density at radius 3 is 2.55 bits per heavy atom. The average Bonchev–Trinajstić information content (AvgIpc) is 3.52. The minimum atomic E-state index is -4.65. The van der Waals surface area contributed by atoms with Crippen LogP contribution in [0.2, 0.25) is 0 Å². The van der Waals surface area contributed by atoms with Crippen molar-refractivity contribution in [1.29, 1.82) is 0 Å². The van der Waals surface area contributed by atoms with Crippen molar-refractivity contribution in [2.75, 3.05) is 19.7 Å². The van der Waals surface area contributed by atoms with Gasteiger partial charge in [-0.25, -0.2) is 19.7 Å². The lowest BCUT2D eigenvalue weighted by atomic mass is 10.1. The Morgan fingerprint density at radius 2 is 1.92 bits per heavy atom. The lowest BCUT2D eigenvalue weighted by molar-refractivity contribution is -0.145. The number of ether oxygens (including phenoxy) is 2. The number of thiazole rings is 1. The predicted octanol–water partition coefficient (Wildman–Crippen LogP) is 5.03. The van der Waals surface area contributed by atoms with Crippen LogP contribution in [0.25, 0.3) is 10.6 Å². The van der Waals surface area contributed by atoms with Gasteiger partial charge in [0, 0.05) is 53.1 Å². The fourth-order valence-corrected chi connectivity index (χ4v) is 4.63. The van der Waals surface area contributed by atoms with Crippen molar-refractivity contribution in [3.8, 4) is 16.3 Å². The molecule has 0 spiro atoms. The number of hydrogen-bond donors (Lipinski definition) is 1. The molecule has 0 aliphatic carbocycles. The molecule has 2 atom stereocenters. The third-order valence-corrected chi connectivity index (χ3v) is 6.75. The van der Waals surface area contributed by atoms with Crippen LogP contribution < -0.4 is 10.1 Å². The zero-order valence-corrected chi connectivity index (χ0v) is 21.7. The van der Waals surface area contributed by atoms with Crippen molar-refractivity contribution < 1.29 is 32.2 Å². The van der Waals surface area contributed by atoms with Gasteiger partial charge in [0.15, 0.2) is 0 Å². The van der Waals surface area contributed by atoms with Gasteiger partial charge in [0.1, 0.15) is 16.9 Å². The number of carbonyl (C=O) groups excluding carboxylic acids is 2. The Hall–Kier alpha value is -3.74. The Bertz CT molecular complexity index is 1300. The average molecular weight is 550 g/mol. The van der Waals surface area contributed by atoms with Crippen LogP contribution >= 0.6 is 11.3 Å². The molecule has 0 radical (unpaired) electrons. The highest BCUT2D eigenvalue weighted by molar-refractivity contribution is 7.14. The molecule has 38 heavy (non-hydrogen) atoms. The second-order valence-corrected chi connectivity index (χ2v) is 9.96. The molecule has 3 aromatic rings. The van der Waals surface area contributed by atoms with Crippen molar-refractivity contribution in [1.82, 2.24) is 25.2 Å². The van der Waals surface area contributed by atoms with Crippen molar-refractivity contribution >= 4 is 23.3 Å². The van der Waals surface area contributed by atoms with Gasteiger partial charge in [0.25, 0.3) is 5.91 Å². The molecule has 2 amide bonds. The summed E-state index contributed by atoms with van der Waals surface area (Å²) >= 11 is 1.46. The number of aryl methyl sites for hydroxylation is 1. The van der Waals surface area contributed by atoms with Gasteiger partial charge in [-0.05, 0) is 39.0 Å². The fraction of sp³-hybridized carbons (Fsp3) is 0.400. The second-order valence-electron chi connectivity index (χ2n) is 8.73. The fourth-order valence-electron chi connectivity index (χ4n) is 3.88. The van der Waals surface area contributed by atoms with E-state index < -0.39 is 30.0 Å². The predicted molar refractivity (Wildman–Crippen MR) is 133 cm³/mol. The number of nitrogens with zero attached hydrogens (tertiary/aromatic N) is 4. The molecule has 0 saturated carbocycles. The lowest BCUT2D eigenvalue weighted by Crippen LogP contribution is -2.31. The van der Waals surface area contributed by atoms with Crippen molar-refractivity contribution in [2.45, 2.75) is 45.5 Å². The van der Waals surface area contributed by atoms with E-state index in [9.17, 15) is 22.8 Å². The summed E-state index contributed by atoms with van der Waals surface area (Å²) in [5.41, 5.74) is 1.28. The third-order valence-electron chi connectivity index (χ3n) is 5.78. The van der Waals surface area contributed by atoms with Crippen molar-refractivity contribution in [3.05, 3.63) is 58.6 Å². The molecule has 1 aliphatic rings. The molecule has 1 aromatic carbocycles.